The first-order valence-corrected chi connectivity index (χ1v) is 10.9. The molecular formula is C21H20BrN3O4S. The first-order chi connectivity index (χ1) is 14.3. The Kier molecular flexibility index (Phi) is 7.28. The van der Waals surface area contributed by atoms with Gasteiger partial charge in [-0.3, -0.25) is 4.79 Å². The van der Waals surface area contributed by atoms with E-state index in [1.807, 2.05) is 32.9 Å². The molecule has 0 fully saturated rings. The van der Waals surface area contributed by atoms with Crippen LogP contribution < -0.4 is 5.32 Å². The maximum Gasteiger partial charge on any atom is 0.341 e. The zero-order valence-corrected chi connectivity index (χ0v) is 19.1. The molecule has 0 saturated heterocycles. The van der Waals surface area contributed by atoms with Crippen molar-refractivity contribution in [1.29, 1.82) is 0 Å². The minimum absolute atomic E-state index is 0.307. The summed E-state index contributed by atoms with van der Waals surface area (Å²) in [6.45, 7) is 5.24. The fraction of sp³-hybridized carbons (Fsp3) is 0.238. The molecule has 0 bridgehead atoms. The van der Waals surface area contributed by atoms with Gasteiger partial charge in [-0.25, -0.2) is 9.78 Å². The highest BCUT2D eigenvalue weighted by molar-refractivity contribution is 9.10. The number of nitrogens with one attached hydrogen (secondary N) is 1. The van der Waals surface area contributed by atoms with Crippen molar-refractivity contribution in [2.45, 2.75) is 31.6 Å². The van der Waals surface area contributed by atoms with Crippen LogP contribution in [0.25, 0.3) is 0 Å². The van der Waals surface area contributed by atoms with Crippen molar-refractivity contribution >= 4 is 45.3 Å². The third kappa shape index (κ3) is 5.48. The molecule has 0 radical (unpaired) electrons. The van der Waals surface area contributed by atoms with Gasteiger partial charge in [0.1, 0.15) is 10.8 Å². The minimum atomic E-state index is -0.605. The Labute approximate surface area is 186 Å². The Balaban J connectivity index is 1.60. The van der Waals surface area contributed by atoms with E-state index in [-0.39, 0.29) is 0 Å². The average molecular weight is 490 g/mol. The molecule has 0 atom stereocenters. The smallest absolute Gasteiger partial charge is 0.341 e. The summed E-state index contributed by atoms with van der Waals surface area (Å²) in [4.78, 5) is 28.9. The number of rotatable bonds is 7. The van der Waals surface area contributed by atoms with Gasteiger partial charge in [0.25, 0.3) is 5.91 Å². The van der Waals surface area contributed by atoms with Crippen LogP contribution in [-0.4, -0.2) is 28.6 Å². The fourth-order valence-corrected chi connectivity index (χ4v) is 4.02. The molecule has 0 aliphatic rings. The van der Waals surface area contributed by atoms with Crippen molar-refractivity contribution < 1.29 is 18.8 Å². The predicted octanol–water partition coefficient (Wildman–Crippen LogP) is 4.85. The summed E-state index contributed by atoms with van der Waals surface area (Å²) in [7, 11) is 0. The van der Waals surface area contributed by atoms with Crippen LogP contribution in [0.4, 0.5) is 5.69 Å². The summed E-state index contributed by atoms with van der Waals surface area (Å²) in [6, 6.07) is 8.72. The number of anilines is 1. The lowest BCUT2D eigenvalue weighted by Crippen LogP contribution is -2.21. The van der Waals surface area contributed by atoms with Crippen LogP contribution in [0.3, 0.4) is 0 Å². The number of carbonyl (C=O) groups is 2. The van der Waals surface area contributed by atoms with Crippen molar-refractivity contribution in [3.63, 3.8) is 0 Å². The number of pyridine rings is 1. The van der Waals surface area contributed by atoms with Crippen molar-refractivity contribution in [3.8, 4) is 0 Å². The van der Waals surface area contributed by atoms with Crippen molar-refractivity contribution in [1.82, 2.24) is 10.1 Å². The lowest BCUT2D eigenvalue weighted by atomic mass is 10.2. The standard InChI is InChI=1S/C21H20BrN3O4S/c1-12-9-15(6-7-18(12)22)24-19(26)10-28-21(27)16-5-4-8-23-20(16)30-11-17-13(2)25-29-14(17)3/h4-9H,10-11H2,1-3H3,(H,24,26). The molecule has 0 spiro atoms. The van der Waals surface area contributed by atoms with Crippen LogP contribution in [-0.2, 0) is 15.3 Å². The summed E-state index contributed by atoms with van der Waals surface area (Å²) in [5.74, 6) is 0.271. The number of thioether (sulfide) groups is 1. The van der Waals surface area contributed by atoms with Crippen LogP contribution in [0.5, 0.6) is 0 Å². The maximum absolute atomic E-state index is 12.5. The van der Waals surface area contributed by atoms with E-state index in [4.69, 9.17) is 9.26 Å². The molecule has 0 saturated carbocycles. The van der Waals surface area contributed by atoms with Crippen LogP contribution in [0.2, 0.25) is 0 Å². The molecule has 1 aromatic carbocycles. The summed E-state index contributed by atoms with van der Waals surface area (Å²) < 4.78 is 11.3. The van der Waals surface area contributed by atoms with Crippen LogP contribution in [0.15, 0.2) is 50.6 Å². The van der Waals surface area contributed by atoms with E-state index in [1.165, 1.54) is 11.8 Å². The summed E-state index contributed by atoms with van der Waals surface area (Å²) in [5.41, 5.74) is 3.70. The van der Waals surface area contributed by atoms with Crippen molar-refractivity contribution in [2.24, 2.45) is 0 Å². The average Bonchev–Trinajstić information content (AvgIpc) is 3.05. The molecule has 0 aliphatic carbocycles. The molecule has 30 heavy (non-hydrogen) atoms. The summed E-state index contributed by atoms with van der Waals surface area (Å²) in [5, 5.41) is 7.16. The highest BCUT2D eigenvalue weighted by Crippen LogP contribution is 2.27. The molecule has 0 unspecified atom stereocenters. The second-order valence-corrected chi connectivity index (χ2v) is 8.35. The molecule has 9 heteroatoms. The third-order valence-electron chi connectivity index (χ3n) is 4.30. The number of esters is 1. The largest absolute Gasteiger partial charge is 0.452 e. The van der Waals surface area contributed by atoms with E-state index in [2.05, 4.69) is 31.4 Å². The molecule has 7 nitrogen and oxygen atoms in total. The Morgan fingerprint density at radius 3 is 2.73 bits per heavy atom. The zero-order chi connectivity index (χ0) is 21.7. The van der Waals surface area contributed by atoms with E-state index < -0.39 is 18.5 Å². The van der Waals surface area contributed by atoms with Crippen molar-refractivity contribution in [2.75, 3.05) is 11.9 Å². The first-order valence-electron chi connectivity index (χ1n) is 9.08. The van der Waals surface area contributed by atoms with Crippen LogP contribution in [0.1, 0.15) is 32.9 Å². The Morgan fingerprint density at radius 2 is 2.03 bits per heavy atom. The zero-order valence-electron chi connectivity index (χ0n) is 16.7. The monoisotopic (exact) mass is 489 g/mol. The van der Waals surface area contributed by atoms with Gasteiger partial charge < -0.3 is 14.6 Å². The highest BCUT2D eigenvalue weighted by Gasteiger charge is 2.17. The number of aryl methyl sites for hydroxylation is 3. The minimum Gasteiger partial charge on any atom is -0.452 e. The molecule has 156 valence electrons. The summed E-state index contributed by atoms with van der Waals surface area (Å²) >= 11 is 4.80. The Bertz CT molecular complexity index is 1060. The number of hydrogen-bond donors (Lipinski definition) is 1. The number of amides is 1. The van der Waals surface area contributed by atoms with E-state index in [0.29, 0.717) is 22.0 Å². The van der Waals surface area contributed by atoms with E-state index in [0.717, 1.165) is 27.1 Å². The van der Waals surface area contributed by atoms with Gasteiger partial charge in [0.2, 0.25) is 0 Å². The number of hydrogen-bond acceptors (Lipinski definition) is 7. The predicted molar refractivity (Wildman–Crippen MR) is 118 cm³/mol. The van der Waals surface area contributed by atoms with Gasteiger partial charge in [0.15, 0.2) is 6.61 Å². The second-order valence-electron chi connectivity index (χ2n) is 6.54. The SMILES string of the molecule is Cc1cc(NC(=O)COC(=O)c2cccnc2SCc2c(C)noc2C)ccc1Br. The molecule has 2 aromatic heterocycles. The Morgan fingerprint density at radius 1 is 1.23 bits per heavy atom. The second kappa shape index (κ2) is 9.90. The molecule has 1 N–H and O–H groups in total. The molecule has 2 heterocycles. The van der Waals surface area contributed by atoms with Gasteiger partial charge in [-0.1, -0.05) is 21.1 Å². The highest BCUT2D eigenvalue weighted by atomic mass is 79.9. The van der Waals surface area contributed by atoms with Crippen LogP contribution in [0, 0.1) is 20.8 Å². The topological polar surface area (TPSA) is 94.3 Å². The normalized spacial score (nSPS) is 10.7. The lowest BCUT2D eigenvalue weighted by Gasteiger charge is -2.10. The van der Waals surface area contributed by atoms with Gasteiger partial charge >= 0.3 is 5.97 Å². The van der Waals surface area contributed by atoms with Crippen LogP contribution >= 0.6 is 27.7 Å². The molecule has 3 rings (SSSR count). The van der Waals surface area contributed by atoms with E-state index in [9.17, 15) is 9.59 Å². The summed E-state index contributed by atoms with van der Waals surface area (Å²) in [6.07, 6.45) is 1.61. The Hall–Kier alpha value is -2.65. The first kappa shape index (κ1) is 22.0. The number of halogens is 1. The molecular weight excluding hydrogens is 470 g/mol. The number of carbonyl (C=O) groups excluding carboxylic acids is 2. The van der Waals surface area contributed by atoms with Gasteiger partial charge in [-0.05, 0) is 56.7 Å². The number of aromatic nitrogens is 2. The number of benzene rings is 1. The van der Waals surface area contributed by atoms with E-state index in [1.54, 1.807) is 24.4 Å². The molecule has 3 aromatic rings. The lowest BCUT2D eigenvalue weighted by molar-refractivity contribution is -0.119. The van der Waals surface area contributed by atoms with Crippen molar-refractivity contribution in [3.05, 3.63) is 69.1 Å². The van der Waals surface area contributed by atoms with Gasteiger partial charge in [-0.15, -0.1) is 11.8 Å². The number of ether oxygens (including phenoxy) is 1. The molecule has 0 aliphatic heterocycles. The maximum atomic E-state index is 12.5. The fourth-order valence-electron chi connectivity index (χ4n) is 2.64. The van der Waals surface area contributed by atoms with Gasteiger partial charge in [0.05, 0.1) is 11.3 Å². The van der Waals surface area contributed by atoms with Gasteiger partial charge in [0, 0.05) is 27.7 Å². The number of nitrogens with zero attached hydrogens (tertiary/aromatic N) is 2. The molecule has 1 amide bonds. The van der Waals surface area contributed by atoms with E-state index >= 15 is 0 Å². The quantitative estimate of drug-likeness (QED) is 0.374. The third-order valence-corrected chi connectivity index (χ3v) is 6.22. The van der Waals surface area contributed by atoms with Gasteiger partial charge in [-0.2, -0.15) is 0 Å².